The standard InChI is InChI=1S/C21H27N5O3/c1-2-23-20-16(10-22)9-19-24-17(20)8-14(11-27)12-29-13-18(25-21(28)26-19)15-6-4-3-5-7-15/h3-7,9-10,14,18,22-23,27H,2,8,11-13H2,1H3,(H2,24,25,26,28). The van der Waals surface area contributed by atoms with Crippen LogP contribution in [-0.4, -0.2) is 48.7 Å². The van der Waals surface area contributed by atoms with Gasteiger partial charge in [-0.2, -0.15) is 0 Å². The van der Waals surface area contributed by atoms with Crippen LogP contribution >= 0.6 is 0 Å². The van der Waals surface area contributed by atoms with Gasteiger partial charge in [-0.3, -0.25) is 5.32 Å². The first-order valence-corrected chi connectivity index (χ1v) is 9.73. The number of rotatable bonds is 5. The second-order valence-corrected chi connectivity index (χ2v) is 6.94. The van der Waals surface area contributed by atoms with E-state index in [1.54, 1.807) is 6.07 Å². The van der Waals surface area contributed by atoms with Gasteiger partial charge >= 0.3 is 6.03 Å². The molecule has 154 valence electrons. The third-order valence-electron chi connectivity index (χ3n) is 4.76. The van der Waals surface area contributed by atoms with Crippen molar-refractivity contribution >= 4 is 23.8 Å². The van der Waals surface area contributed by atoms with Gasteiger partial charge in [-0.25, -0.2) is 9.78 Å². The Balaban J connectivity index is 1.95. The molecule has 0 spiro atoms. The summed E-state index contributed by atoms with van der Waals surface area (Å²) in [5.41, 5.74) is 2.98. The van der Waals surface area contributed by atoms with Crippen LogP contribution in [0.1, 0.15) is 29.8 Å². The molecule has 8 heteroatoms. The van der Waals surface area contributed by atoms with Crippen molar-refractivity contribution < 1.29 is 14.6 Å². The van der Waals surface area contributed by atoms with Gasteiger partial charge in [-0.05, 0) is 25.0 Å². The van der Waals surface area contributed by atoms with E-state index in [9.17, 15) is 9.90 Å². The number of pyridine rings is 1. The smallest absolute Gasteiger partial charge is 0.320 e. The van der Waals surface area contributed by atoms with E-state index < -0.39 is 6.03 Å². The van der Waals surface area contributed by atoms with E-state index in [4.69, 9.17) is 10.1 Å². The number of ether oxygens (including phenoxy) is 1. The molecule has 8 nitrogen and oxygen atoms in total. The second-order valence-electron chi connectivity index (χ2n) is 6.94. The first-order chi connectivity index (χ1) is 14.1. The van der Waals surface area contributed by atoms with Crippen molar-refractivity contribution in [2.75, 3.05) is 37.0 Å². The van der Waals surface area contributed by atoms with Crippen LogP contribution in [0.2, 0.25) is 0 Å². The van der Waals surface area contributed by atoms with Crippen LogP contribution in [0.3, 0.4) is 0 Å². The number of aliphatic hydroxyl groups is 1. The molecule has 1 aromatic heterocycles. The highest BCUT2D eigenvalue weighted by atomic mass is 16.5. The lowest BCUT2D eigenvalue weighted by molar-refractivity contribution is 0.0608. The van der Waals surface area contributed by atoms with Gasteiger partial charge in [0.2, 0.25) is 0 Å². The van der Waals surface area contributed by atoms with Gasteiger partial charge in [0.25, 0.3) is 0 Å². The molecule has 2 unspecified atom stereocenters. The second kappa shape index (κ2) is 9.99. The predicted molar refractivity (Wildman–Crippen MR) is 113 cm³/mol. The number of hydrogen-bond acceptors (Lipinski definition) is 6. The molecule has 2 bridgehead atoms. The Kier molecular flexibility index (Phi) is 7.15. The molecule has 0 radical (unpaired) electrons. The molecule has 1 aliphatic rings. The zero-order valence-electron chi connectivity index (χ0n) is 16.4. The van der Waals surface area contributed by atoms with Crippen molar-refractivity contribution in [2.24, 2.45) is 5.92 Å². The number of fused-ring (bicyclic) bond motifs is 2. The van der Waals surface area contributed by atoms with Crippen molar-refractivity contribution in [1.82, 2.24) is 10.3 Å². The minimum Gasteiger partial charge on any atom is -0.396 e. The molecule has 29 heavy (non-hydrogen) atoms. The Bertz CT molecular complexity index is 844. The summed E-state index contributed by atoms with van der Waals surface area (Å²) in [4.78, 5) is 17.2. The van der Waals surface area contributed by atoms with E-state index >= 15 is 0 Å². The number of carbonyl (C=O) groups excluding carboxylic acids is 1. The highest BCUT2D eigenvalue weighted by molar-refractivity contribution is 5.92. The summed E-state index contributed by atoms with van der Waals surface area (Å²) in [6.45, 7) is 3.21. The highest BCUT2D eigenvalue weighted by Crippen LogP contribution is 2.25. The maximum Gasteiger partial charge on any atom is 0.320 e. The number of nitrogens with zero attached hydrogens (tertiary/aromatic N) is 1. The number of aliphatic hydroxyl groups excluding tert-OH is 1. The maximum atomic E-state index is 12.6. The molecule has 0 aliphatic carbocycles. The number of urea groups is 1. The van der Waals surface area contributed by atoms with E-state index in [1.165, 1.54) is 6.21 Å². The topological polar surface area (TPSA) is 119 Å². The van der Waals surface area contributed by atoms with Crippen molar-refractivity contribution in [3.05, 3.63) is 53.2 Å². The summed E-state index contributed by atoms with van der Waals surface area (Å²) in [5.74, 6) is 0.211. The number of benzene rings is 1. The van der Waals surface area contributed by atoms with E-state index in [1.807, 2.05) is 37.3 Å². The van der Waals surface area contributed by atoms with Crippen molar-refractivity contribution in [3.63, 3.8) is 0 Å². The Labute approximate surface area is 170 Å². The lowest BCUT2D eigenvalue weighted by Gasteiger charge is -2.24. The first kappa shape index (κ1) is 20.8. The minimum absolute atomic E-state index is 0.0484. The monoisotopic (exact) mass is 397 g/mol. The van der Waals surface area contributed by atoms with Gasteiger partial charge in [-0.1, -0.05) is 30.3 Å². The van der Waals surface area contributed by atoms with Gasteiger partial charge in [0.15, 0.2) is 0 Å². The van der Waals surface area contributed by atoms with Crippen molar-refractivity contribution in [1.29, 1.82) is 5.41 Å². The van der Waals surface area contributed by atoms with Crippen LogP contribution in [0.4, 0.5) is 16.3 Å². The largest absolute Gasteiger partial charge is 0.396 e. The fraction of sp³-hybridized carbons (Fsp3) is 0.381. The summed E-state index contributed by atoms with van der Waals surface area (Å²) < 4.78 is 5.86. The van der Waals surface area contributed by atoms with Crippen LogP contribution in [0.25, 0.3) is 0 Å². The fourth-order valence-electron chi connectivity index (χ4n) is 3.35. The third kappa shape index (κ3) is 5.30. The maximum absolute atomic E-state index is 12.6. The summed E-state index contributed by atoms with van der Waals surface area (Å²) in [7, 11) is 0. The van der Waals surface area contributed by atoms with E-state index in [-0.39, 0.29) is 18.6 Å². The number of hydrogen-bond donors (Lipinski definition) is 5. The van der Waals surface area contributed by atoms with E-state index in [0.717, 1.165) is 11.3 Å². The van der Waals surface area contributed by atoms with Crippen LogP contribution < -0.4 is 16.0 Å². The van der Waals surface area contributed by atoms with E-state index in [0.29, 0.717) is 43.3 Å². The summed E-state index contributed by atoms with van der Waals surface area (Å²) in [6, 6.07) is 10.5. The average Bonchev–Trinajstić information content (AvgIpc) is 2.73. The summed E-state index contributed by atoms with van der Waals surface area (Å²) in [6.07, 6.45) is 1.70. The SMILES string of the molecule is CCNc1c(C=N)cc2nc1CC(CO)COCC(c1ccccc1)NC(=O)N2. The molecule has 2 atom stereocenters. The Morgan fingerprint density at radius 3 is 2.83 bits per heavy atom. The molecule has 0 saturated heterocycles. The number of anilines is 2. The lowest BCUT2D eigenvalue weighted by atomic mass is 10.0. The van der Waals surface area contributed by atoms with Crippen molar-refractivity contribution in [3.8, 4) is 0 Å². The molecule has 0 saturated carbocycles. The molecule has 5 N–H and O–H groups in total. The molecule has 2 aromatic rings. The van der Waals surface area contributed by atoms with Crippen LogP contribution in [0, 0.1) is 11.3 Å². The molecular formula is C21H27N5O3. The van der Waals surface area contributed by atoms with Crippen LogP contribution in [-0.2, 0) is 11.2 Å². The fourth-order valence-corrected chi connectivity index (χ4v) is 3.35. The van der Waals surface area contributed by atoms with Gasteiger partial charge in [0, 0.05) is 30.8 Å². The van der Waals surface area contributed by atoms with Crippen LogP contribution in [0.5, 0.6) is 0 Å². The van der Waals surface area contributed by atoms with Crippen LogP contribution in [0.15, 0.2) is 36.4 Å². The molecule has 2 amide bonds. The molecule has 0 fully saturated rings. The average molecular weight is 397 g/mol. The number of carbonyl (C=O) groups is 1. The summed E-state index contributed by atoms with van der Waals surface area (Å²) in [5, 5.41) is 26.5. The third-order valence-corrected chi connectivity index (χ3v) is 4.76. The van der Waals surface area contributed by atoms with E-state index in [2.05, 4.69) is 20.9 Å². The molecule has 1 aromatic carbocycles. The van der Waals surface area contributed by atoms with Gasteiger partial charge in [0.1, 0.15) is 5.82 Å². The number of aromatic nitrogens is 1. The minimum atomic E-state index is -0.396. The zero-order valence-corrected chi connectivity index (χ0v) is 16.4. The quantitative estimate of drug-likeness (QED) is 0.497. The number of nitrogens with one attached hydrogen (secondary N) is 4. The Morgan fingerprint density at radius 2 is 2.14 bits per heavy atom. The zero-order chi connectivity index (χ0) is 20.6. The normalized spacial score (nSPS) is 19.9. The van der Waals surface area contributed by atoms with Gasteiger partial charge in [0.05, 0.1) is 30.6 Å². The lowest BCUT2D eigenvalue weighted by Crippen LogP contribution is -2.36. The number of amides is 2. The molecule has 2 heterocycles. The first-order valence-electron chi connectivity index (χ1n) is 9.73. The Morgan fingerprint density at radius 1 is 1.34 bits per heavy atom. The van der Waals surface area contributed by atoms with Gasteiger partial charge < -0.3 is 25.9 Å². The highest BCUT2D eigenvalue weighted by Gasteiger charge is 2.21. The summed E-state index contributed by atoms with van der Waals surface area (Å²) >= 11 is 0. The van der Waals surface area contributed by atoms with Crippen molar-refractivity contribution in [2.45, 2.75) is 19.4 Å². The Hall–Kier alpha value is -2.97. The molecule has 1 aliphatic heterocycles. The molecule has 3 rings (SSSR count). The van der Waals surface area contributed by atoms with Gasteiger partial charge in [-0.15, -0.1) is 0 Å². The molecular weight excluding hydrogens is 370 g/mol. The predicted octanol–water partition coefficient (Wildman–Crippen LogP) is 2.56.